The maximum absolute atomic E-state index is 5.10. The Kier molecular flexibility index (Phi) is 8.63. The number of nitrogens with zero attached hydrogens (tertiary/aromatic N) is 4. The number of ether oxygens (including phenoxy) is 1. The minimum atomic E-state index is 0. The highest BCUT2D eigenvalue weighted by molar-refractivity contribution is 14.0. The fourth-order valence-electron chi connectivity index (χ4n) is 3.03. The molecule has 1 saturated heterocycles. The Balaban J connectivity index is 0.00000261. The largest absolute Gasteiger partial charge is 0.481 e. The lowest BCUT2D eigenvalue weighted by molar-refractivity contribution is 0.372. The number of aromatic nitrogens is 1. The van der Waals surface area contributed by atoms with Crippen LogP contribution < -0.4 is 15.0 Å². The van der Waals surface area contributed by atoms with Crippen molar-refractivity contribution >= 4 is 35.6 Å². The van der Waals surface area contributed by atoms with Gasteiger partial charge in [-0.15, -0.1) is 24.0 Å². The predicted octanol–water partition coefficient (Wildman–Crippen LogP) is 3.00. The molecule has 3 rings (SSSR count). The van der Waals surface area contributed by atoms with Gasteiger partial charge >= 0.3 is 0 Å². The SMILES string of the molecule is CCNC(=NCc1ccc(OC)nc1)N1CCN(c2ccccc2)CC1.I. The number of methoxy groups -OCH3 is 1. The van der Waals surface area contributed by atoms with Gasteiger partial charge in [-0.3, -0.25) is 0 Å². The number of rotatable bonds is 5. The number of benzene rings is 1. The van der Waals surface area contributed by atoms with Crippen LogP contribution in [0.5, 0.6) is 5.88 Å². The van der Waals surface area contributed by atoms with Crippen molar-refractivity contribution in [1.82, 2.24) is 15.2 Å². The Bertz CT molecular complexity index is 700. The summed E-state index contributed by atoms with van der Waals surface area (Å²) in [7, 11) is 1.62. The van der Waals surface area contributed by atoms with Crippen molar-refractivity contribution < 1.29 is 4.74 Å². The number of hydrogen-bond acceptors (Lipinski definition) is 4. The van der Waals surface area contributed by atoms with Crippen molar-refractivity contribution in [3.05, 3.63) is 54.2 Å². The van der Waals surface area contributed by atoms with E-state index in [0.29, 0.717) is 12.4 Å². The summed E-state index contributed by atoms with van der Waals surface area (Å²) in [5.41, 5.74) is 2.36. The molecule has 0 amide bonds. The van der Waals surface area contributed by atoms with E-state index in [0.717, 1.165) is 44.2 Å². The number of piperazine rings is 1. The zero-order valence-electron chi connectivity index (χ0n) is 16.0. The molecule has 6 nitrogen and oxygen atoms in total. The van der Waals surface area contributed by atoms with Crippen LogP contribution in [0.4, 0.5) is 5.69 Å². The van der Waals surface area contributed by atoms with Crippen molar-refractivity contribution in [3.8, 4) is 5.88 Å². The summed E-state index contributed by atoms with van der Waals surface area (Å²) in [5.74, 6) is 1.60. The Hall–Kier alpha value is -2.03. The first-order chi connectivity index (χ1) is 12.8. The van der Waals surface area contributed by atoms with E-state index in [1.165, 1.54) is 5.69 Å². The molecule has 7 heteroatoms. The smallest absolute Gasteiger partial charge is 0.212 e. The summed E-state index contributed by atoms with van der Waals surface area (Å²) < 4.78 is 5.10. The third-order valence-corrected chi connectivity index (χ3v) is 4.45. The number of nitrogens with one attached hydrogen (secondary N) is 1. The molecule has 1 fully saturated rings. The average Bonchev–Trinajstić information content (AvgIpc) is 2.72. The summed E-state index contributed by atoms with van der Waals surface area (Å²) >= 11 is 0. The van der Waals surface area contributed by atoms with E-state index in [1.54, 1.807) is 7.11 Å². The number of hydrogen-bond donors (Lipinski definition) is 1. The summed E-state index contributed by atoms with van der Waals surface area (Å²) in [4.78, 5) is 13.8. The standard InChI is InChI=1S/C20H27N5O.HI/c1-3-21-20(23-16-17-9-10-19(26-2)22-15-17)25-13-11-24(12-14-25)18-7-5-4-6-8-18;/h4-10,15H,3,11-14,16H2,1-2H3,(H,21,23);1H. The first-order valence-electron chi connectivity index (χ1n) is 9.12. The second kappa shape index (κ2) is 11.0. The van der Waals surface area contributed by atoms with Gasteiger partial charge in [0.1, 0.15) is 0 Å². The van der Waals surface area contributed by atoms with E-state index < -0.39 is 0 Å². The lowest BCUT2D eigenvalue weighted by atomic mass is 10.2. The third kappa shape index (κ3) is 5.98. The Morgan fingerprint density at radius 3 is 2.44 bits per heavy atom. The first-order valence-corrected chi connectivity index (χ1v) is 9.12. The third-order valence-electron chi connectivity index (χ3n) is 4.45. The van der Waals surface area contributed by atoms with Crippen molar-refractivity contribution in [1.29, 1.82) is 0 Å². The van der Waals surface area contributed by atoms with Crippen LogP contribution >= 0.6 is 24.0 Å². The number of anilines is 1. The van der Waals surface area contributed by atoms with Gasteiger partial charge in [-0.25, -0.2) is 9.98 Å². The van der Waals surface area contributed by atoms with Crippen LogP contribution in [0.15, 0.2) is 53.7 Å². The van der Waals surface area contributed by atoms with E-state index >= 15 is 0 Å². The van der Waals surface area contributed by atoms with E-state index in [-0.39, 0.29) is 24.0 Å². The van der Waals surface area contributed by atoms with Crippen molar-refractivity contribution in [3.63, 3.8) is 0 Å². The maximum atomic E-state index is 5.10. The van der Waals surface area contributed by atoms with Gasteiger partial charge in [0.15, 0.2) is 5.96 Å². The van der Waals surface area contributed by atoms with Gasteiger partial charge in [0, 0.05) is 50.7 Å². The number of halogens is 1. The summed E-state index contributed by atoms with van der Waals surface area (Å²) in [6.45, 7) is 7.49. The minimum absolute atomic E-state index is 0. The second-order valence-electron chi connectivity index (χ2n) is 6.19. The molecule has 1 aliphatic heterocycles. The van der Waals surface area contributed by atoms with E-state index in [1.807, 2.05) is 18.3 Å². The van der Waals surface area contributed by atoms with Crippen LogP contribution in [-0.2, 0) is 6.54 Å². The topological polar surface area (TPSA) is 53.0 Å². The Morgan fingerprint density at radius 2 is 1.85 bits per heavy atom. The fourth-order valence-corrected chi connectivity index (χ4v) is 3.03. The molecule has 0 saturated carbocycles. The molecule has 1 aliphatic rings. The highest BCUT2D eigenvalue weighted by atomic mass is 127. The number of pyridine rings is 1. The zero-order valence-corrected chi connectivity index (χ0v) is 18.3. The van der Waals surface area contributed by atoms with Gasteiger partial charge in [0.05, 0.1) is 13.7 Å². The molecule has 1 aromatic heterocycles. The first kappa shape index (κ1) is 21.3. The molecule has 0 atom stereocenters. The normalized spacial score (nSPS) is 14.5. The van der Waals surface area contributed by atoms with Crippen molar-refractivity contribution in [2.75, 3.05) is 44.7 Å². The van der Waals surface area contributed by atoms with E-state index in [4.69, 9.17) is 9.73 Å². The number of para-hydroxylation sites is 1. The van der Waals surface area contributed by atoms with Gasteiger partial charge in [-0.2, -0.15) is 0 Å². The molecule has 27 heavy (non-hydrogen) atoms. The molecule has 0 spiro atoms. The average molecular weight is 481 g/mol. The van der Waals surface area contributed by atoms with Crippen LogP contribution in [0.3, 0.4) is 0 Å². The van der Waals surface area contributed by atoms with Gasteiger partial charge in [-0.05, 0) is 24.6 Å². The van der Waals surface area contributed by atoms with Crippen LogP contribution in [0, 0.1) is 0 Å². The number of guanidine groups is 1. The summed E-state index contributed by atoms with van der Waals surface area (Å²) in [5, 5.41) is 3.41. The van der Waals surface area contributed by atoms with Crippen LogP contribution in [0.25, 0.3) is 0 Å². The summed E-state index contributed by atoms with van der Waals surface area (Å²) in [6, 6.07) is 14.5. The molecule has 2 aromatic rings. The monoisotopic (exact) mass is 481 g/mol. The molecule has 0 radical (unpaired) electrons. The van der Waals surface area contributed by atoms with Crippen molar-refractivity contribution in [2.45, 2.75) is 13.5 Å². The Morgan fingerprint density at radius 1 is 1.11 bits per heavy atom. The zero-order chi connectivity index (χ0) is 18.2. The lowest BCUT2D eigenvalue weighted by Gasteiger charge is -2.37. The molecular formula is C20H28IN5O. The molecule has 1 aromatic carbocycles. The van der Waals surface area contributed by atoms with Gasteiger partial charge < -0.3 is 19.9 Å². The molecular weight excluding hydrogens is 453 g/mol. The van der Waals surface area contributed by atoms with E-state index in [9.17, 15) is 0 Å². The summed E-state index contributed by atoms with van der Waals surface area (Å²) in [6.07, 6.45) is 1.82. The fraction of sp³-hybridized carbons (Fsp3) is 0.400. The van der Waals surface area contributed by atoms with Crippen molar-refractivity contribution in [2.24, 2.45) is 4.99 Å². The second-order valence-corrected chi connectivity index (χ2v) is 6.19. The molecule has 2 heterocycles. The highest BCUT2D eigenvalue weighted by Crippen LogP contribution is 2.16. The van der Waals surface area contributed by atoms with E-state index in [2.05, 4.69) is 57.4 Å². The molecule has 1 N–H and O–H groups in total. The van der Waals surface area contributed by atoms with Gasteiger partial charge in [0.25, 0.3) is 0 Å². The number of aliphatic imine (C=N–C) groups is 1. The quantitative estimate of drug-likeness (QED) is 0.405. The molecule has 0 aliphatic carbocycles. The van der Waals surface area contributed by atoms with Crippen LogP contribution in [0.1, 0.15) is 12.5 Å². The predicted molar refractivity (Wildman–Crippen MR) is 121 cm³/mol. The van der Waals surface area contributed by atoms with Crippen LogP contribution in [-0.4, -0.2) is 55.7 Å². The molecule has 146 valence electrons. The highest BCUT2D eigenvalue weighted by Gasteiger charge is 2.19. The van der Waals surface area contributed by atoms with Crippen LogP contribution in [0.2, 0.25) is 0 Å². The molecule has 0 bridgehead atoms. The minimum Gasteiger partial charge on any atom is -0.481 e. The maximum Gasteiger partial charge on any atom is 0.212 e. The van der Waals surface area contributed by atoms with Gasteiger partial charge in [0.2, 0.25) is 5.88 Å². The van der Waals surface area contributed by atoms with Gasteiger partial charge in [-0.1, -0.05) is 24.3 Å². The Labute approximate surface area is 178 Å². The molecule has 0 unspecified atom stereocenters. The lowest BCUT2D eigenvalue weighted by Crippen LogP contribution is -2.52.